The number of rotatable bonds is 20. The lowest BCUT2D eigenvalue weighted by Gasteiger charge is -2.24. The standard InChI is InChI=1S/C52H56N8O8/c1-57(2)45(29-37-31-53-41-17-15-35(25-39(37)41)21-23-59-49(63)43(55-51(59)65)27-33-11-7-5-8-12-33)67-47(61)19-20-48(62)68-46(58(3)4)30-38-32-54-42-18-16-36(26-40(38)42)22-24-60-50(64)44(56-52(60)66)28-34-13-9-6-10-14-34/h5-20,25-26,31-32,43-46,53-54H,21-24,27-30H2,1-4H3,(H,55,65)(H,56,66)/b20-19-. The summed E-state index contributed by atoms with van der Waals surface area (Å²) in [7, 11) is 7.18. The van der Waals surface area contributed by atoms with Crippen molar-refractivity contribution in [2.24, 2.45) is 0 Å². The Morgan fingerprint density at radius 3 is 1.35 bits per heavy atom. The second-order valence-corrected chi connectivity index (χ2v) is 17.7. The largest absolute Gasteiger partial charge is 0.443 e. The summed E-state index contributed by atoms with van der Waals surface area (Å²) in [6.45, 7) is 0.467. The van der Waals surface area contributed by atoms with Gasteiger partial charge < -0.3 is 30.1 Å². The van der Waals surface area contributed by atoms with Crippen molar-refractivity contribution in [3.8, 4) is 0 Å². The third kappa shape index (κ3) is 11.2. The fourth-order valence-corrected chi connectivity index (χ4v) is 8.65. The lowest BCUT2D eigenvalue weighted by atomic mass is 10.0. The van der Waals surface area contributed by atoms with Gasteiger partial charge in [-0.3, -0.25) is 29.2 Å². The average molecular weight is 921 g/mol. The van der Waals surface area contributed by atoms with Gasteiger partial charge in [-0.25, -0.2) is 19.2 Å². The van der Waals surface area contributed by atoms with Crippen LogP contribution in [0.3, 0.4) is 0 Å². The molecule has 0 radical (unpaired) electrons. The number of amides is 6. The summed E-state index contributed by atoms with van der Waals surface area (Å²) in [5.74, 6) is -1.91. The number of aromatic amines is 2. The Hall–Kier alpha value is -7.56. The highest BCUT2D eigenvalue weighted by Gasteiger charge is 2.38. The van der Waals surface area contributed by atoms with E-state index in [1.165, 1.54) is 9.80 Å². The van der Waals surface area contributed by atoms with Crippen LogP contribution < -0.4 is 10.6 Å². The Morgan fingerprint density at radius 2 is 0.971 bits per heavy atom. The molecule has 16 nitrogen and oxygen atoms in total. The van der Waals surface area contributed by atoms with Crippen molar-refractivity contribution in [1.82, 2.24) is 40.2 Å². The van der Waals surface area contributed by atoms with E-state index in [0.29, 0.717) is 38.5 Å². The Bertz CT molecular complexity index is 2650. The van der Waals surface area contributed by atoms with E-state index in [0.717, 1.165) is 67.3 Å². The number of nitrogens with one attached hydrogen (secondary N) is 4. The van der Waals surface area contributed by atoms with Crippen LogP contribution in [0.1, 0.15) is 33.4 Å². The van der Waals surface area contributed by atoms with Gasteiger partial charge >= 0.3 is 24.0 Å². The van der Waals surface area contributed by atoms with Gasteiger partial charge in [0, 0.05) is 85.1 Å². The minimum absolute atomic E-state index is 0.233. The van der Waals surface area contributed by atoms with E-state index >= 15 is 0 Å². The summed E-state index contributed by atoms with van der Waals surface area (Å²) in [6.07, 6.45) is 6.96. The molecule has 2 fully saturated rings. The molecule has 68 heavy (non-hydrogen) atoms. The van der Waals surface area contributed by atoms with Gasteiger partial charge in [0.1, 0.15) is 12.1 Å². The van der Waals surface area contributed by atoms with Crippen LogP contribution in [0, 0.1) is 0 Å². The van der Waals surface area contributed by atoms with E-state index < -0.39 is 48.5 Å². The lowest BCUT2D eigenvalue weighted by molar-refractivity contribution is -0.153. The molecule has 2 aliphatic heterocycles. The molecule has 0 bridgehead atoms. The number of urea groups is 2. The zero-order chi connectivity index (χ0) is 47.9. The summed E-state index contributed by atoms with van der Waals surface area (Å²) in [4.78, 5) is 90.7. The maximum atomic E-state index is 13.1. The molecule has 2 saturated heterocycles. The second kappa shape index (κ2) is 20.9. The average Bonchev–Trinajstić information content (AvgIpc) is 4.06. The zero-order valence-corrected chi connectivity index (χ0v) is 38.6. The monoisotopic (exact) mass is 920 g/mol. The highest BCUT2D eigenvalue weighted by Crippen LogP contribution is 2.26. The van der Waals surface area contributed by atoms with Crippen LogP contribution in [-0.4, -0.2) is 131 Å². The summed E-state index contributed by atoms with van der Waals surface area (Å²) in [5, 5.41) is 7.48. The molecule has 0 aliphatic carbocycles. The lowest BCUT2D eigenvalue weighted by Crippen LogP contribution is -2.35. The van der Waals surface area contributed by atoms with E-state index in [1.807, 2.05) is 109 Å². The third-order valence-electron chi connectivity index (χ3n) is 12.5. The number of benzene rings is 4. The molecular weight excluding hydrogens is 865 g/mol. The number of aromatic nitrogens is 2. The molecule has 6 aromatic rings. The van der Waals surface area contributed by atoms with E-state index in [2.05, 4.69) is 20.6 Å². The van der Waals surface area contributed by atoms with Crippen molar-refractivity contribution in [3.63, 3.8) is 0 Å². The molecule has 2 aromatic heterocycles. The van der Waals surface area contributed by atoms with Crippen molar-refractivity contribution in [2.45, 2.75) is 63.1 Å². The highest BCUT2D eigenvalue weighted by atomic mass is 16.6. The topological polar surface area (TPSA) is 189 Å². The summed E-state index contributed by atoms with van der Waals surface area (Å²) < 4.78 is 11.7. The van der Waals surface area contributed by atoms with E-state index in [4.69, 9.17) is 9.47 Å². The smallest absolute Gasteiger partial charge is 0.332 e. The molecule has 4 unspecified atom stereocenters. The zero-order valence-electron chi connectivity index (χ0n) is 38.6. The predicted molar refractivity (Wildman–Crippen MR) is 256 cm³/mol. The maximum absolute atomic E-state index is 13.1. The van der Waals surface area contributed by atoms with Crippen molar-refractivity contribution in [1.29, 1.82) is 0 Å². The molecule has 16 heteroatoms. The molecule has 8 rings (SSSR count). The van der Waals surface area contributed by atoms with Crippen LogP contribution >= 0.6 is 0 Å². The molecule has 352 valence electrons. The molecular formula is C52H56N8O8. The molecule has 4 atom stereocenters. The fraction of sp³-hybridized carbons (Fsp3) is 0.308. The quantitative estimate of drug-likeness (QED) is 0.0340. The number of carbonyl (C=O) groups excluding carboxylic acids is 6. The first kappa shape index (κ1) is 47.0. The Kier molecular flexibility index (Phi) is 14.5. The van der Waals surface area contributed by atoms with Crippen LogP contribution in [0.15, 0.2) is 122 Å². The number of fused-ring (bicyclic) bond motifs is 2. The normalized spacial score (nSPS) is 17.2. The number of nitrogens with zero attached hydrogens (tertiary/aromatic N) is 4. The predicted octanol–water partition coefficient (Wildman–Crippen LogP) is 5.26. The van der Waals surface area contributed by atoms with E-state index in [-0.39, 0.29) is 24.9 Å². The van der Waals surface area contributed by atoms with Gasteiger partial charge in [0.15, 0.2) is 12.5 Å². The minimum Gasteiger partial charge on any atom is -0.443 e. The summed E-state index contributed by atoms with van der Waals surface area (Å²) in [6, 6.07) is 29.0. The molecule has 4 N–H and O–H groups in total. The molecule has 4 heterocycles. The molecule has 4 aromatic carbocycles. The van der Waals surface area contributed by atoms with E-state index in [9.17, 15) is 28.8 Å². The van der Waals surface area contributed by atoms with Gasteiger partial charge in [0.2, 0.25) is 0 Å². The van der Waals surface area contributed by atoms with Crippen LogP contribution in [0.4, 0.5) is 9.59 Å². The van der Waals surface area contributed by atoms with Gasteiger partial charge in [-0.1, -0.05) is 72.8 Å². The fourth-order valence-electron chi connectivity index (χ4n) is 8.65. The summed E-state index contributed by atoms with van der Waals surface area (Å²) in [5.41, 5.74) is 7.39. The number of likely N-dealkylation sites (N-methyl/N-ethyl adjacent to an activating group) is 2. The maximum Gasteiger partial charge on any atom is 0.332 e. The van der Waals surface area contributed by atoms with Crippen LogP contribution in [0.2, 0.25) is 0 Å². The van der Waals surface area contributed by atoms with Crippen LogP contribution in [0.25, 0.3) is 21.8 Å². The number of carbonyl (C=O) groups is 6. The number of ether oxygens (including phenoxy) is 2. The first-order valence-electron chi connectivity index (χ1n) is 22.7. The van der Waals surface area contributed by atoms with Gasteiger partial charge in [-0.2, -0.15) is 0 Å². The van der Waals surface area contributed by atoms with Gasteiger partial charge in [-0.15, -0.1) is 0 Å². The van der Waals surface area contributed by atoms with Crippen molar-refractivity contribution >= 4 is 57.6 Å². The van der Waals surface area contributed by atoms with Gasteiger partial charge in [0.05, 0.1) is 0 Å². The highest BCUT2D eigenvalue weighted by molar-refractivity contribution is 6.05. The van der Waals surface area contributed by atoms with Crippen molar-refractivity contribution < 1.29 is 38.2 Å². The van der Waals surface area contributed by atoms with Crippen LogP contribution in [0.5, 0.6) is 0 Å². The first-order valence-corrected chi connectivity index (χ1v) is 22.7. The molecule has 0 saturated carbocycles. The SMILES string of the molecule is CN(C)C(Cc1c[nH]c2ccc(CCN3C(=O)NC(Cc4ccccc4)C3=O)cc12)OC(=O)/C=C\C(=O)OC(Cc1c[nH]c2ccc(CCN3C(=O)NC(Cc4ccccc4)C3=O)cc12)N(C)C. The third-order valence-corrected chi connectivity index (χ3v) is 12.5. The molecule has 2 aliphatic rings. The van der Waals surface area contributed by atoms with Crippen molar-refractivity contribution in [2.75, 3.05) is 41.3 Å². The number of hydrogen-bond donors (Lipinski definition) is 4. The van der Waals surface area contributed by atoms with Crippen LogP contribution in [-0.2, 0) is 67.2 Å². The Balaban J connectivity index is 0.836. The van der Waals surface area contributed by atoms with Gasteiger partial charge in [0.25, 0.3) is 11.8 Å². The van der Waals surface area contributed by atoms with Crippen molar-refractivity contribution in [3.05, 3.63) is 155 Å². The van der Waals surface area contributed by atoms with E-state index in [1.54, 1.807) is 38.0 Å². The number of hydrogen-bond acceptors (Lipinski definition) is 10. The minimum atomic E-state index is -0.717. The number of esters is 2. The van der Waals surface area contributed by atoms with Gasteiger partial charge in [-0.05, 0) is 98.7 Å². The number of H-pyrrole nitrogens is 2. The molecule has 6 amide bonds. The molecule has 0 spiro atoms. The Labute approximate surface area is 394 Å². The number of imide groups is 2. The Morgan fingerprint density at radius 1 is 0.574 bits per heavy atom. The summed E-state index contributed by atoms with van der Waals surface area (Å²) >= 11 is 0. The second-order valence-electron chi connectivity index (χ2n) is 17.7. The first-order chi connectivity index (χ1) is 32.8.